The van der Waals surface area contributed by atoms with Crippen molar-refractivity contribution in [3.05, 3.63) is 23.5 Å². The number of nitrogens with two attached hydrogens (primary N) is 1. The van der Waals surface area contributed by atoms with E-state index in [2.05, 4.69) is 30.2 Å². The summed E-state index contributed by atoms with van der Waals surface area (Å²) in [6, 6.07) is 4.14. The highest BCUT2D eigenvalue weighted by atomic mass is 15.3. The van der Waals surface area contributed by atoms with Crippen molar-refractivity contribution in [2.75, 3.05) is 18.4 Å². The first-order valence-electron chi connectivity index (χ1n) is 7.50. The van der Waals surface area contributed by atoms with E-state index >= 15 is 0 Å². The van der Waals surface area contributed by atoms with Crippen LogP contribution in [0.15, 0.2) is 12.1 Å². The summed E-state index contributed by atoms with van der Waals surface area (Å²) >= 11 is 0. The lowest BCUT2D eigenvalue weighted by Crippen LogP contribution is -2.12. The lowest BCUT2D eigenvalue weighted by Gasteiger charge is -2.09. The number of aryl methyl sites for hydroxylation is 1. The highest BCUT2D eigenvalue weighted by Gasteiger charge is 2.14. The third-order valence-electron chi connectivity index (χ3n) is 3.67. The van der Waals surface area contributed by atoms with Gasteiger partial charge in [-0.15, -0.1) is 0 Å². The van der Waals surface area contributed by atoms with E-state index in [9.17, 15) is 0 Å². The lowest BCUT2D eigenvalue weighted by molar-refractivity contribution is 0.616. The maximum absolute atomic E-state index is 5.54. The average Bonchev–Trinajstić information content (AvgIpc) is 2.84. The number of hydrogen-bond acceptors (Lipinski definition) is 4. The molecule has 0 bridgehead atoms. The summed E-state index contributed by atoms with van der Waals surface area (Å²) < 4.78 is 1.91. The fourth-order valence-electron chi connectivity index (χ4n) is 2.47. The number of hydrogen-bond donors (Lipinski definition) is 2. The number of nitrogens with zero attached hydrogens (tertiary/aromatic N) is 3. The number of rotatable bonds is 7. The molecule has 2 aromatic heterocycles. The second kappa shape index (κ2) is 6.70. The second-order valence-electron chi connectivity index (χ2n) is 5.20. The van der Waals surface area contributed by atoms with Crippen LogP contribution in [0.25, 0.3) is 5.65 Å². The van der Waals surface area contributed by atoms with Gasteiger partial charge in [-0.2, -0.15) is 9.61 Å². The molecule has 2 heterocycles. The first-order chi connectivity index (χ1) is 9.69. The van der Waals surface area contributed by atoms with Crippen molar-refractivity contribution in [2.24, 2.45) is 5.73 Å². The van der Waals surface area contributed by atoms with E-state index in [0.29, 0.717) is 12.5 Å². The molecule has 0 aromatic carbocycles. The monoisotopic (exact) mass is 275 g/mol. The summed E-state index contributed by atoms with van der Waals surface area (Å²) in [6.07, 6.45) is 3.16. The van der Waals surface area contributed by atoms with Crippen LogP contribution in [0.4, 0.5) is 5.82 Å². The van der Waals surface area contributed by atoms with Gasteiger partial charge in [0.1, 0.15) is 5.82 Å². The molecule has 0 saturated heterocycles. The Hall–Kier alpha value is -1.62. The van der Waals surface area contributed by atoms with Crippen molar-refractivity contribution in [2.45, 2.75) is 46.0 Å². The molecule has 0 unspecified atom stereocenters. The minimum atomic E-state index is 0.508. The molecule has 2 rings (SSSR count). The zero-order chi connectivity index (χ0) is 14.5. The van der Waals surface area contributed by atoms with Crippen LogP contribution in [-0.4, -0.2) is 27.7 Å². The van der Waals surface area contributed by atoms with Gasteiger partial charge in [0, 0.05) is 30.3 Å². The molecule has 0 fully saturated rings. The maximum Gasteiger partial charge on any atom is 0.157 e. The summed E-state index contributed by atoms with van der Waals surface area (Å²) in [5.41, 5.74) is 8.60. The molecule has 2 aromatic rings. The number of anilines is 1. The van der Waals surface area contributed by atoms with Gasteiger partial charge in [0.2, 0.25) is 0 Å². The molecule has 5 heteroatoms. The third-order valence-corrected chi connectivity index (χ3v) is 3.67. The molecule has 0 radical (unpaired) electrons. The van der Waals surface area contributed by atoms with Crippen molar-refractivity contribution < 1.29 is 0 Å². The highest BCUT2D eigenvalue weighted by Crippen LogP contribution is 2.24. The second-order valence-corrected chi connectivity index (χ2v) is 5.20. The smallest absolute Gasteiger partial charge is 0.157 e. The van der Waals surface area contributed by atoms with Crippen molar-refractivity contribution in [1.82, 2.24) is 14.6 Å². The van der Waals surface area contributed by atoms with Gasteiger partial charge in [-0.05, 0) is 32.7 Å². The van der Waals surface area contributed by atoms with Crippen LogP contribution < -0.4 is 11.1 Å². The molecule has 0 saturated carbocycles. The van der Waals surface area contributed by atoms with Crippen LogP contribution in [0.3, 0.4) is 0 Å². The van der Waals surface area contributed by atoms with E-state index < -0.39 is 0 Å². The van der Waals surface area contributed by atoms with Crippen molar-refractivity contribution in [3.63, 3.8) is 0 Å². The molecule has 0 atom stereocenters. The van der Waals surface area contributed by atoms with Gasteiger partial charge in [-0.25, -0.2) is 4.98 Å². The summed E-state index contributed by atoms with van der Waals surface area (Å²) in [7, 11) is 0. The Morgan fingerprint density at radius 3 is 2.70 bits per heavy atom. The first-order valence-corrected chi connectivity index (χ1v) is 7.50. The fourth-order valence-corrected chi connectivity index (χ4v) is 2.47. The fraction of sp³-hybridized carbons (Fsp3) is 0.600. The van der Waals surface area contributed by atoms with E-state index in [1.54, 1.807) is 0 Å². The predicted octanol–water partition coefficient (Wildman–Crippen LogP) is 2.70. The molecule has 0 aliphatic carbocycles. The van der Waals surface area contributed by atoms with Crippen molar-refractivity contribution in [1.29, 1.82) is 0 Å². The highest BCUT2D eigenvalue weighted by molar-refractivity contribution is 5.50. The topological polar surface area (TPSA) is 68.2 Å². The number of aromatic nitrogens is 3. The molecule has 110 valence electrons. The molecule has 0 spiro atoms. The molecule has 5 nitrogen and oxygen atoms in total. The zero-order valence-electron chi connectivity index (χ0n) is 12.7. The van der Waals surface area contributed by atoms with Crippen molar-refractivity contribution in [3.8, 4) is 0 Å². The maximum atomic E-state index is 5.54. The molecular weight excluding hydrogens is 250 g/mol. The minimum absolute atomic E-state index is 0.508. The van der Waals surface area contributed by atoms with Gasteiger partial charge < -0.3 is 11.1 Å². The molecule has 20 heavy (non-hydrogen) atoms. The predicted molar refractivity (Wildman–Crippen MR) is 83.2 cm³/mol. The van der Waals surface area contributed by atoms with Crippen LogP contribution in [-0.2, 0) is 0 Å². The summed E-state index contributed by atoms with van der Waals surface area (Å²) in [6.45, 7) is 7.97. The Labute approximate surface area is 120 Å². The molecular formula is C15H25N5. The molecule has 0 aliphatic heterocycles. The largest absolute Gasteiger partial charge is 0.370 e. The summed E-state index contributed by atoms with van der Waals surface area (Å²) in [5, 5.41) is 8.13. The number of fused-ring (bicyclic) bond motifs is 1. The van der Waals surface area contributed by atoms with E-state index in [1.165, 1.54) is 0 Å². The van der Waals surface area contributed by atoms with Gasteiger partial charge in [0.05, 0.1) is 5.69 Å². The normalized spacial score (nSPS) is 11.4. The van der Waals surface area contributed by atoms with E-state index in [1.807, 2.05) is 17.5 Å². The van der Waals surface area contributed by atoms with Crippen LogP contribution in [0.2, 0.25) is 0 Å². The Bertz CT molecular complexity index is 557. The Morgan fingerprint density at radius 1 is 1.30 bits per heavy atom. The Balaban J connectivity index is 2.36. The van der Waals surface area contributed by atoms with Crippen molar-refractivity contribution >= 4 is 11.5 Å². The molecule has 0 aliphatic rings. The quantitative estimate of drug-likeness (QED) is 0.762. The van der Waals surface area contributed by atoms with Crippen LogP contribution in [0, 0.1) is 6.92 Å². The van der Waals surface area contributed by atoms with E-state index in [0.717, 1.165) is 48.7 Å². The Morgan fingerprint density at radius 2 is 2.05 bits per heavy atom. The first kappa shape index (κ1) is 14.8. The van der Waals surface area contributed by atoms with Gasteiger partial charge in [-0.1, -0.05) is 13.8 Å². The zero-order valence-corrected chi connectivity index (χ0v) is 12.7. The van der Waals surface area contributed by atoms with E-state index in [4.69, 9.17) is 10.8 Å². The average molecular weight is 275 g/mol. The Kier molecular flexibility index (Phi) is 4.95. The lowest BCUT2D eigenvalue weighted by atomic mass is 10.00. The molecule has 3 N–H and O–H groups in total. The SMILES string of the molecule is CCC(CC)c1cc2nc(C)cc(NCCCN)n2n1. The van der Waals surface area contributed by atoms with Crippen LogP contribution in [0.1, 0.15) is 50.4 Å². The summed E-state index contributed by atoms with van der Waals surface area (Å²) in [4.78, 5) is 4.57. The van der Waals surface area contributed by atoms with Gasteiger partial charge in [0.15, 0.2) is 5.65 Å². The van der Waals surface area contributed by atoms with Crippen LogP contribution >= 0.6 is 0 Å². The number of nitrogens with one attached hydrogen (secondary N) is 1. The summed E-state index contributed by atoms with van der Waals surface area (Å²) in [5.74, 6) is 1.51. The minimum Gasteiger partial charge on any atom is -0.370 e. The van der Waals surface area contributed by atoms with Gasteiger partial charge in [-0.3, -0.25) is 0 Å². The van der Waals surface area contributed by atoms with Crippen LogP contribution in [0.5, 0.6) is 0 Å². The van der Waals surface area contributed by atoms with Gasteiger partial charge >= 0.3 is 0 Å². The molecule has 0 amide bonds. The standard InChI is InChI=1S/C15H25N5/c1-4-12(5-2)13-10-15-18-11(3)9-14(20(15)19-13)17-8-6-7-16/h9-10,12,17H,4-8,16H2,1-3H3. The van der Waals surface area contributed by atoms with E-state index in [-0.39, 0.29) is 0 Å². The third kappa shape index (κ3) is 3.10. The van der Waals surface area contributed by atoms with Gasteiger partial charge in [0.25, 0.3) is 0 Å².